The van der Waals surface area contributed by atoms with Gasteiger partial charge < -0.3 is 10.4 Å². The molecule has 1 aliphatic rings. The summed E-state index contributed by atoms with van der Waals surface area (Å²) in [6.07, 6.45) is 2.37. The fourth-order valence-corrected chi connectivity index (χ4v) is 2.44. The van der Waals surface area contributed by atoms with Crippen LogP contribution in [0.25, 0.3) is 0 Å². The Bertz CT molecular complexity index is 325. The minimum atomic E-state index is 0.169. The molecule has 1 atom stereocenters. The van der Waals surface area contributed by atoms with Gasteiger partial charge in [0.15, 0.2) is 0 Å². The van der Waals surface area contributed by atoms with Gasteiger partial charge >= 0.3 is 0 Å². The van der Waals surface area contributed by atoms with Crippen molar-refractivity contribution in [3.05, 3.63) is 29.8 Å². The lowest BCUT2D eigenvalue weighted by Crippen LogP contribution is -2.54. The molecule has 0 aliphatic carbocycles. The van der Waals surface area contributed by atoms with E-state index in [0.717, 1.165) is 13.0 Å². The maximum Gasteiger partial charge on any atom is 0.115 e. The molecule has 2 N–H and O–H groups in total. The Labute approximate surface area is 91.3 Å². The highest BCUT2D eigenvalue weighted by Gasteiger charge is 2.38. The van der Waals surface area contributed by atoms with Crippen molar-refractivity contribution in [1.29, 1.82) is 0 Å². The topological polar surface area (TPSA) is 32.3 Å². The summed E-state index contributed by atoms with van der Waals surface area (Å²) in [6, 6.07) is 7.61. The van der Waals surface area contributed by atoms with Crippen molar-refractivity contribution in [2.75, 3.05) is 6.54 Å². The zero-order valence-corrected chi connectivity index (χ0v) is 9.46. The second kappa shape index (κ2) is 3.86. The van der Waals surface area contributed by atoms with Gasteiger partial charge in [-0.15, -0.1) is 0 Å². The van der Waals surface area contributed by atoms with Gasteiger partial charge in [-0.05, 0) is 43.0 Å². The zero-order valence-electron chi connectivity index (χ0n) is 9.46. The van der Waals surface area contributed by atoms with E-state index < -0.39 is 0 Å². The van der Waals surface area contributed by atoms with E-state index in [1.807, 2.05) is 12.1 Å². The molecule has 15 heavy (non-hydrogen) atoms. The van der Waals surface area contributed by atoms with E-state index in [-0.39, 0.29) is 5.54 Å². The van der Waals surface area contributed by atoms with Gasteiger partial charge in [-0.2, -0.15) is 0 Å². The lowest BCUT2D eigenvalue weighted by Gasteiger charge is -2.45. The van der Waals surface area contributed by atoms with Crippen LogP contribution in [-0.4, -0.2) is 11.7 Å². The molecular formula is C13H19NO. The van der Waals surface area contributed by atoms with Gasteiger partial charge in [-0.3, -0.25) is 0 Å². The van der Waals surface area contributed by atoms with E-state index in [1.165, 1.54) is 12.0 Å². The summed E-state index contributed by atoms with van der Waals surface area (Å²) in [5, 5.41) is 12.8. The van der Waals surface area contributed by atoms with Gasteiger partial charge in [-0.25, -0.2) is 0 Å². The van der Waals surface area contributed by atoms with E-state index in [2.05, 4.69) is 19.2 Å². The van der Waals surface area contributed by atoms with Crippen LogP contribution >= 0.6 is 0 Å². The molecule has 82 valence electrons. The highest BCUT2D eigenvalue weighted by molar-refractivity contribution is 5.32. The average molecular weight is 205 g/mol. The Kier molecular flexibility index (Phi) is 2.70. The third-order valence-electron chi connectivity index (χ3n) is 3.19. The molecule has 0 spiro atoms. The van der Waals surface area contributed by atoms with Crippen molar-refractivity contribution in [2.24, 2.45) is 5.92 Å². The van der Waals surface area contributed by atoms with Gasteiger partial charge in [0, 0.05) is 5.54 Å². The van der Waals surface area contributed by atoms with Gasteiger partial charge in [0.05, 0.1) is 0 Å². The molecule has 0 bridgehead atoms. The van der Waals surface area contributed by atoms with E-state index in [9.17, 15) is 5.11 Å². The number of rotatable bonds is 3. The number of phenols is 1. The highest BCUT2D eigenvalue weighted by Crippen LogP contribution is 2.37. The van der Waals surface area contributed by atoms with Crippen molar-refractivity contribution >= 4 is 0 Å². The third kappa shape index (κ3) is 2.00. The summed E-state index contributed by atoms with van der Waals surface area (Å²) >= 11 is 0. The van der Waals surface area contributed by atoms with Crippen LogP contribution in [0.5, 0.6) is 5.75 Å². The molecule has 1 aromatic carbocycles. The number of nitrogens with one attached hydrogen (secondary N) is 1. The quantitative estimate of drug-likeness (QED) is 0.795. The van der Waals surface area contributed by atoms with E-state index in [0.29, 0.717) is 11.7 Å². The first-order chi connectivity index (χ1) is 7.12. The van der Waals surface area contributed by atoms with Crippen LogP contribution in [0.15, 0.2) is 24.3 Å². The van der Waals surface area contributed by atoms with Crippen molar-refractivity contribution < 1.29 is 5.11 Å². The van der Waals surface area contributed by atoms with Crippen LogP contribution in [0, 0.1) is 5.92 Å². The lowest BCUT2D eigenvalue weighted by molar-refractivity contribution is 0.170. The van der Waals surface area contributed by atoms with Crippen molar-refractivity contribution in [3.8, 4) is 5.75 Å². The summed E-state index contributed by atoms with van der Waals surface area (Å²) in [5.41, 5.74) is 1.47. The maximum absolute atomic E-state index is 9.27. The zero-order chi connectivity index (χ0) is 10.9. The van der Waals surface area contributed by atoms with Gasteiger partial charge in [0.1, 0.15) is 5.75 Å². The maximum atomic E-state index is 9.27. The Morgan fingerprint density at radius 1 is 1.33 bits per heavy atom. The molecule has 1 saturated heterocycles. The second-order valence-corrected chi connectivity index (χ2v) is 4.90. The molecule has 0 aromatic heterocycles. The van der Waals surface area contributed by atoms with Crippen LogP contribution in [0.2, 0.25) is 0 Å². The third-order valence-corrected chi connectivity index (χ3v) is 3.19. The van der Waals surface area contributed by atoms with Gasteiger partial charge in [0.25, 0.3) is 0 Å². The van der Waals surface area contributed by atoms with Crippen molar-refractivity contribution in [3.63, 3.8) is 0 Å². The number of benzene rings is 1. The fourth-order valence-electron chi connectivity index (χ4n) is 2.44. The molecule has 1 aromatic rings. The molecule has 0 radical (unpaired) electrons. The fraction of sp³-hybridized carbons (Fsp3) is 0.538. The van der Waals surface area contributed by atoms with Crippen LogP contribution in [0.4, 0.5) is 0 Å². The summed E-state index contributed by atoms with van der Waals surface area (Å²) in [5.74, 6) is 1.03. The lowest BCUT2D eigenvalue weighted by atomic mass is 9.75. The minimum Gasteiger partial charge on any atom is -0.508 e. The molecule has 2 nitrogen and oxygen atoms in total. The predicted octanol–water partition coefficient (Wildman–Crippen LogP) is 2.63. The average Bonchev–Trinajstić information content (AvgIpc) is 2.13. The minimum absolute atomic E-state index is 0.169. The molecule has 1 aliphatic heterocycles. The van der Waals surface area contributed by atoms with E-state index >= 15 is 0 Å². The standard InChI is InChI=1S/C13H19NO/c1-10(2)9-13(7-8-14-13)11-3-5-12(15)6-4-11/h3-6,10,14-15H,7-9H2,1-2H3. The monoisotopic (exact) mass is 205 g/mol. The van der Waals surface area contributed by atoms with Crippen LogP contribution in [-0.2, 0) is 5.54 Å². The number of phenolic OH excluding ortho intramolecular Hbond substituents is 1. The largest absolute Gasteiger partial charge is 0.508 e. The molecule has 1 heterocycles. The normalized spacial score (nSPS) is 25.3. The number of hydrogen-bond acceptors (Lipinski definition) is 2. The van der Waals surface area contributed by atoms with Crippen LogP contribution in [0.1, 0.15) is 32.3 Å². The molecule has 1 fully saturated rings. The Morgan fingerprint density at radius 3 is 2.33 bits per heavy atom. The molecular weight excluding hydrogens is 186 g/mol. The predicted molar refractivity (Wildman–Crippen MR) is 61.9 cm³/mol. The molecule has 2 heteroatoms. The van der Waals surface area contributed by atoms with E-state index in [1.54, 1.807) is 12.1 Å². The first-order valence-corrected chi connectivity index (χ1v) is 5.67. The van der Waals surface area contributed by atoms with Crippen LogP contribution in [0.3, 0.4) is 0 Å². The first-order valence-electron chi connectivity index (χ1n) is 5.67. The Hall–Kier alpha value is -1.02. The van der Waals surface area contributed by atoms with Gasteiger partial charge in [-0.1, -0.05) is 26.0 Å². The summed E-state index contributed by atoms with van der Waals surface area (Å²) < 4.78 is 0. The molecule has 2 rings (SSSR count). The van der Waals surface area contributed by atoms with E-state index in [4.69, 9.17) is 0 Å². The highest BCUT2D eigenvalue weighted by atomic mass is 16.3. The summed E-state index contributed by atoms with van der Waals surface area (Å²) in [7, 11) is 0. The summed E-state index contributed by atoms with van der Waals surface area (Å²) in [6.45, 7) is 5.61. The first kappa shape index (κ1) is 10.5. The molecule has 1 unspecified atom stereocenters. The smallest absolute Gasteiger partial charge is 0.115 e. The second-order valence-electron chi connectivity index (χ2n) is 4.90. The SMILES string of the molecule is CC(C)CC1(c2ccc(O)cc2)CCN1. The Balaban J connectivity index is 2.22. The number of hydrogen-bond donors (Lipinski definition) is 2. The molecule has 0 amide bonds. The molecule has 0 saturated carbocycles. The van der Waals surface area contributed by atoms with Crippen molar-refractivity contribution in [2.45, 2.75) is 32.2 Å². The van der Waals surface area contributed by atoms with Crippen LogP contribution < -0.4 is 5.32 Å². The Morgan fingerprint density at radius 2 is 1.93 bits per heavy atom. The summed E-state index contributed by atoms with van der Waals surface area (Å²) in [4.78, 5) is 0. The van der Waals surface area contributed by atoms with Crippen molar-refractivity contribution in [1.82, 2.24) is 5.32 Å². The number of aromatic hydroxyl groups is 1. The van der Waals surface area contributed by atoms with Gasteiger partial charge in [0.2, 0.25) is 0 Å².